The molecule has 0 aromatic carbocycles. The van der Waals surface area contributed by atoms with Crippen LogP contribution in [0.2, 0.25) is 0 Å². The van der Waals surface area contributed by atoms with Crippen LogP contribution in [0.5, 0.6) is 0 Å². The van der Waals surface area contributed by atoms with Crippen molar-refractivity contribution in [3.8, 4) is 17.5 Å². The summed E-state index contributed by atoms with van der Waals surface area (Å²) in [4.78, 5) is 21.6. The van der Waals surface area contributed by atoms with E-state index in [0.717, 1.165) is 48.2 Å². The molecule has 0 fully saturated rings. The lowest BCUT2D eigenvalue weighted by atomic mass is 9.85. The SMILES string of the molecule is CCCCC(CC)COC(=O)C(C#N)C1c2cccnc2-c2ncccc21. The number of aromatic nitrogens is 2. The van der Waals surface area contributed by atoms with E-state index in [-0.39, 0.29) is 5.92 Å². The minimum Gasteiger partial charge on any atom is -0.464 e. The molecule has 2 aromatic heterocycles. The summed E-state index contributed by atoms with van der Waals surface area (Å²) >= 11 is 0. The van der Waals surface area contributed by atoms with Crippen molar-refractivity contribution in [2.45, 2.75) is 45.4 Å². The maximum atomic E-state index is 12.8. The fourth-order valence-electron chi connectivity index (χ4n) is 3.71. The van der Waals surface area contributed by atoms with Gasteiger partial charge in [0, 0.05) is 18.3 Å². The molecule has 0 bridgehead atoms. The van der Waals surface area contributed by atoms with Crippen molar-refractivity contribution in [2.24, 2.45) is 11.8 Å². The molecule has 0 radical (unpaired) electrons. The average molecular weight is 363 g/mol. The number of hydrogen-bond acceptors (Lipinski definition) is 5. The van der Waals surface area contributed by atoms with E-state index in [9.17, 15) is 10.1 Å². The average Bonchev–Trinajstić information content (AvgIpc) is 3.04. The van der Waals surface area contributed by atoms with Gasteiger partial charge in [-0.05, 0) is 35.6 Å². The van der Waals surface area contributed by atoms with E-state index in [4.69, 9.17) is 4.74 Å². The number of nitrogens with zero attached hydrogens (tertiary/aromatic N) is 3. The summed E-state index contributed by atoms with van der Waals surface area (Å²) in [6.07, 6.45) is 7.67. The van der Waals surface area contributed by atoms with Crippen LogP contribution in [0.15, 0.2) is 36.7 Å². The van der Waals surface area contributed by atoms with Crippen molar-refractivity contribution < 1.29 is 9.53 Å². The zero-order chi connectivity index (χ0) is 19.2. The molecule has 1 aliphatic rings. The summed E-state index contributed by atoms with van der Waals surface area (Å²) in [5.74, 6) is -1.39. The second-order valence-corrected chi connectivity index (χ2v) is 7.01. The monoisotopic (exact) mass is 363 g/mol. The first kappa shape index (κ1) is 19.0. The molecule has 0 amide bonds. The Morgan fingerprint density at radius 1 is 1.19 bits per heavy atom. The molecular weight excluding hydrogens is 338 g/mol. The summed E-state index contributed by atoms with van der Waals surface area (Å²) < 4.78 is 5.59. The first-order chi connectivity index (χ1) is 13.2. The van der Waals surface area contributed by atoms with E-state index in [2.05, 4.69) is 29.9 Å². The predicted molar refractivity (Wildman–Crippen MR) is 103 cm³/mol. The number of ether oxygens (including phenoxy) is 1. The van der Waals surface area contributed by atoms with Crippen LogP contribution in [-0.2, 0) is 9.53 Å². The van der Waals surface area contributed by atoms with Crippen molar-refractivity contribution >= 4 is 5.97 Å². The van der Waals surface area contributed by atoms with E-state index >= 15 is 0 Å². The molecule has 5 heteroatoms. The Balaban J connectivity index is 1.81. The van der Waals surface area contributed by atoms with Crippen LogP contribution in [0.25, 0.3) is 11.4 Å². The molecule has 1 aliphatic carbocycles. The number of fused-ring (bicyclic) bond motifs is 3. The van der Waals surface area contributed by atoms with Gasteiger partial charge < -0.3 is 4.74 Å². The van der Waals surface area contributed by atoms with Gasteiger partial charge in [0.1, 0.15) is 0 Å². The minimum atomic E-state index is -0.901. The second kappa shape index (κ2) is 8.77. The number of hydrogen-bond donors (Lipinski definition) is 0. The molecule has 0 spiro atoms. The summed E-state index contributed by atoms with van der Waals surface area (Å²) in [7, 11) is 0. The molecule has 0 aliphatic heterocycles. The third-order valence-corrected chi connectivity index (χ3v) is 5.30. The Labute approximate surface area is 160 Å². The summed E-state index contributed by atoms with van der Waals surface area (Å²) in [6, 6.07) is 9.68. The van der Waals surface area contributed by atoms with E-state index in [1.54, 1.807) is 12.4 Å². The molecule has 0 N–H and O–H groups in total. The van der Waals surface area contributed by atoms with Crippen LogP contribution in [0, 0.1) is 23.2 Å². The topological polar surface area (TPSA) is 75.9 Å². The summed E-state index contributed by atoms with van der Waals surface area (Å²) in [5.41, 5.74) is 3.24. The molecule has 2 unspecified atom stereocenters. The Morgan fingerprint density at radius 3 is 2.33 bits per heavy atom. The molecule has 2 atom stereocenters. The van der Waals surface area contributed by atoms with Gasteiger partial charge >= 0.3 is 5.97 Å². The Hall–Kier alpha value is -2.74. The first-order valence-corrected chi connectivity index (χ1v) is 9.67. The van der Waals surface area contributed by atoms with Gasteiger partial charge in [0.05, 0.1) is 24.1 Å². The van der Waals surface area contributed by atoms with Crippen LogP contribution in [0.3, 0.4) is 0 Å². The lowest BCUT2D eigenvalue weighted by Gasteiger charge is -2.20. The van der Waals surface area contributed by atoms with Gasteiger partial charge in [-0.3, -0.25) is 14.8 Å². The van der Waals surface area contributed by atoms with Crippen LogP contribution in [0.4, 0.5) is 0 Å². The highest BCUT2D eigenvalue weighted by Crippen LogP contribution is 2.46. The highest BCUT2D eigenvalue weighted by Gasteiger charge is 2.40. The maximum absolute atomic E-state index is 12.8. The van der Waals surface area contributed by atoms with Crippen LogP contribution in [0.1, 0.15) is 56.6 Å². The molecule has 2 heterocycles. The molecule has 2 aromatic rings. The van der Waals surface area contributed by atoms with Gasteiger partial charge in [-0.1, -0.05) is 45.2 Å². The molecule has 0 saturated heterocycles. The van der Waals surface area contributed by atoms with Gasteiger partial charge in [0.25, 0.3) is 0 Å². The zero-order valence-electron chi connectivity index (χ0n) is 15.9. The van der Waals surface area contributed by atoms with Gasteiger partial charge in [-0.25, -0.2) is 0 Å². The lowest BCUT2D eigenvalue weighted by Crippen LogP contribution is -2.25. The van der Waals surface area contributed by atoms with Crippen molar-refractivity contribution in [1.29, 1.82) is 5.26 Å². The number of esters is 1. The number of carbonyl (C=O) groups excluding carboxylic acids is 1. The number of pyridine rings is 2. The second-order valence-electron chi connectivity index (χ2n) is 7.01. The summed E-state index contributed by atoms with van der Waals surface area (Å²) in [6.45, 7) is 4.64. The predicted octanol–water partition coefficient (Wildman–Crippen LogP) is 4.49. The molecule has 3 rings (SSSR count). The number of rotatable bonds is 8. The first-order valence-electron chi connectivity index (χ1n) is 9.67. The molecule has 0 saturated carbocycles. The Bertz CT molecular complexity index is 798. The van der Waals surface area contributed by atoms with Gasteiger partial charge in [-0.15, -0.1) is 0 Å². The number of unbranched alkanes of at least 4 members (excludes halogenated alkanes) is 1. The van der Waals surface area contributed by atoms with Crippen LogP contribution < -0.4 is 0 Å². The fraction of sp³-hybridized carbons (Fsp3) is 0.455. The smallest absolute Gasteiger partial charge is 0.324 e. The van der Waals surface area contributed by atoms with E-state index in [0.29, 0.717) is 12.5 Å². The van der Waals surface area contributed by atoms with Gasteiger partial charge in [0.2, 0.25) is 0 Å². The third-order valence-electron chi connectivity index (χ3n) is 5.30. The molecule has 140 valence electrons. The minimum absolute atomic E-state index is 0.347. The number of carbonyl (C=O) groups is 1. The van der Waals surface area contributed by atoms with E-state index in [1.807, 2.05) is 24.3 Å². The van der Waals surface area contributed by atoms with E-state index in [1.165, 1.54) is 0 Å². The normalized spacial score (nSPS) is 14.7. The number of nitriles is 1. The summed E-state index contributed by atoms with van der Waals surface area (Å²) in [5, 5.41) is 9.78. The maximum Gasteiger partial charge on any atom is 0.324 e. The highest BCUT2D eigenvalue weighted by atomic mass is 16.5. The standard InChI is InChI=1S/C22H25N3O2/c1-3-5-8-15(4-2)14-27-22(26)18(13-23)19-16-9-6-11-24-20(16)21-17(19)10-7-12-25-21/h6-7,9-12,15,18-19H,3-5,8,14H2,1-2H3. The zero-order valence-corrected chi connectivity index (χ0v) is 15.9. The quantitative estimate of drug-likeness (QED) is 0.646. The van der Waals surface area contributed by atoms with E-state index < -0.39 is 11.9 Å². The van der Waals surface area contributed by atoms with Crippen LogP contribution >= 0.6 is 0 Å². The van der Waals surface area contributed by atoms with Crippen molar-refractivity contribution in [2.75, 3.05) is 6.61 Å². The van der Waals surface area contributed by atoms with Crippen molar-refractivity contribution in [3.63, 3.8) is 0 Å². The van der Waals surface area contributed by atoms with Crippen molar-refractivity contribution in [3.05, 3.63) is 47.8 Å². The molecular formula is C22H25N3O2. The molecule has 27 heavy (non-hydrogen) atoms. The Kier molecular flexibility index (Phi) is 6.18. The highest BCUT2D eigenvalue weighted by molar-refractivity contribution is 5.82. The van der Waals surface area contributed by atoms with Crippen LogP contribution in [-0.4, -0.2) is 22.5 Å². The largest absolute Gasteiger partial charge is 0.464 e. The van der Waals surface area contributed by atoms with Gasteiger partial charge in [0.15, 0.2) is 5.92 Å². The third kappa shape index (κ3) is 3.85. The fourth-order valence-corrected chi connectivity index (χ4v) is 3.71. The van der Waals surface area contributed by atoms with Crippen molar-refractivity contribution in [1.82, 2.24) is 9.97 Å². The molecule has 5 nitrogen and oxygen atoms in total. The van der Waals surface area contributed by atoms with Gasteiger partial charge in [-0.2, -0.15) is 5.26 Å². The lowest BCUT2D eigenvalue weighted by molar-refractivity contribution is -0.148. The Morgan fingerprint density at radius 2 is 1.81 bits per heavy atom.